The first-order valence-electron chi connectivity index (χ1n) is 7.27. The highest BCUT2D eigenvalue weighted by Gasteiger charge is 2.14. The molecule has 1 N–H and O–H groups in total. The minimum atomic E-state index is -0.180. The summed E-state index contributed by atoms with van der Waals surface area (Å²) < 4.78 is 1.28. The molecule has 4 heteroatoms. The highest BCUT2D eigenvalue weighted by Crippen LogP contribution is 2.31. The van der Waals surface area contributed by atoms with Crippen LogP contribution in [0.25, 0.3) is 23.4 Å². The summed E-state index contributed by atoms with van der Waals surface area (Å²) in [6.07, 6.45) is 5.51. The summed E-state index contributed by atoms with van der Waals surface area (Å²) in [5, 5.41) is 14.4. The number of carbonyl (C=O) groups is 1. The van der Waals surface area contributed by atoms with Gasteiger partial charge in [-0.1, -0.05) is 54.6 Å². The summed E-state index contributed by atoms with van der Waals surface area (Å²) >= 11 is 0. The van der Waals surface area contributed by atoms with E-state index in [0.717, 1.165) is 11.1 Å². The molecular weight excluding hydrogens is 288 g/mol. The van der Waals surface area contributed by atoms with E-state index in [1.807, 2.05) is 48.6 Å². The van der Waals surface area contributed by atoms with Gasteiger partial charge in [0.2, 0.25) is 5.91 Å². The van der Waals surface area contributed by atoms with Crippen LogP contribution in [0.1, 0.15) is 22.8 Å². The molecule has 0 radical (unpaired) electrons. The van der Waals surface area contributed by atoms with Crippen molar-refractivity contribution in [3.63, 3.8) is 0 Å². The van der Waals surface area contributed by atoms with E-state index in [1.54, 1.807) is 24.4 Å². The van der Waals surface area contributed by atoms with Crippen LogP contribution in [0.15, 0.2) is 60.8 Å². The Morgan fingerprint density at radius 3 is 2.43 bits per heavy atom. The summed E-state index contributed by atoms with van der Waals surface area (Å²) in [6, 6.07) is 16.8. The van der Waals surface area contributed by atoms with E-state index >= 15 is 0 Å². The van der Waals surface area contributed by atoms with Crippen LogP contribution in [0.3, 0.4) is 0 Å². The number of aromatic hydroxyl groups is 1. The Kier molecular flexibility index (Phi) is 4.06. The summed E-state index contributed by atoms with van der Waals surface area (Å²) in [6.45, 7) is 1.45. The van der Waals surface area contributed by atoms with Crippen molar-refractivity contribution >= 4 is 18.1 Å². The average molecular weight is 304 g/mol. The van der Waals surface area contributed by atoms with Crippen LogP contribution in [0.4, 0.5) is 0 Å². The molecule has 0 fully saturated rings. The molecule has 0 aliphatic carbocycles. The van der Waals surface area contributed by atoms with Gasteiger partial charge in [0, 0.05) is 24.2 Å². The van der Waals surface area contributed by atoms with E-state index in [4.69, 9.17) is 0 Å². The zero-order valence-electron chi connectivity index (χ0n) is 12.7. The Morgan fingerprint density at radius 1 is 1.04 bits per heavy atom. The summed E-state index contributed by atoms with van der Waals surface area (Å²) in [5.41, 5.74) is 2.99. The summed E-state index contributed by atoms with van der Waals surface area (Å²) in [4.78, 5) is 11.6. The maximum absolute atomic E-state index is 11.6. The number of hydrogen-bond acceptors (Lipinski definition) is 3. The number of aromatic nitrogens is 2. The van der Waals surface area contributed by atoms with E-state index in [9.17, 15) is 9.90 Å². The Hall–Kier alpha value is -3.14. The molecule has 3 rings (SSSR count). The number of hydrogen-bond donors (Lipinski definition) is 1. The molecule has 0 unspecified atom stereocenters. The maximum atomic E-state index is 11.6. The third kappa shape index (κ3) is 3.21. The number of carbonyl (C=O) groups excluding carboxylic acids is 1. The molecule has 0 bridgehead atoms. The topological polar surface area (TPSA) is 55.1 Å². The molecular formula is C19H16N2O2. The Morgan fingerprint density at radius 2 is 1.74 bits per heavy atom. The molecule has 0 saturated heterocycles. The van der Waals surface area contributed by atoms with E-state index in [0.29, 0.717) is 11.3 Å². The smallest absolute Gasteiger partial charge is 0.243 e. The number of para-hydroxylation sites is 1. The zero-order chi connectivity index (χ0) is 16.2. The SMILES string of the molecule is CC(=O)n1cc(/C=C\c2ccccc2)c(-c2ccccc2O)n1. The Labute approximate surface area is 134 Å². The fourth-order valence-electron chi connectivity index (χ4n) is 2.30. The third-order valence-corrected chi connectivity index (χ3v) is 3.48. The second-order valence-corrected chi connectivity index (χ2v) is 5.16. The molecule has 0 saturated carbocycles. The molecule has 0 aliphatic rings. The van der Waals surface area contributed by atoms with Crippen molar-refractivity contribution < 1.29 is 9.90 Å². The van der Waals surface area contributed by atoms with Crippen LogP contribution in [0.5, 0.6) is 5.75 Å². The van der Waals surface area contributed by atoms with Gasteiger partial charge in [-0.25, -0.2) is 4.68 Å². The highest BCUT2D eigenvalue weighted by atomic mass is 16.3. The number of phenols is 1. The van der Waals surface area contributed by atoms with E-state index < -0.39 is 0 Å². The van der Waals surface area contributed by atoms with Crippen molar-refractivity contribution in [1.82, 2.24) is 9.78 Å². The molecule has 2 aromatic carbocycles. The Bertz CT molecular complexity index is 864. The number of benzene rings is 2. The lowest BCUT2D eigenvalue weighted by Crippen LogP contribution is -2.05. The normalized spacial score (nSPS) is 11.0. The molecule has 3 aromatic rings. The summed E-state index contributed by atoms with van der Waals surface area (Å²) in [5.74, 6) is -0.0447. The minimum Gasteiger partial charge on any atom is -0.507 e. The standard InChI is InChI=1S/C19H16N2O2/c1-14(22)21-13-16(12-11-15-7-3-2-4-8-15)19(20-21)17-9-5-6-10-18(17)23/h2-13,23H,1H3/b12-11-. The van der Waals surface area contributed by atoms with Crippen molar-refractivity contribution in [1.29, 1.82) is 0 Å². The largest absolute Gasteiger partial charge is 0.507 e. The van der Waals surface area contributed by atoms with Crippen molar-refractivity contribution in [2.45, 2.75) is 6.92 Å². The van der Waals surface area contributed by atoms with Gasteiger partial charge in [0.15, 0.2) is 0 Å². The zero-order valence-corrected chi connectivity index (χ0v) is 12.7. The first kappa shape index (κ1) is 14.8. The van der Waals surface area contributed by atoms with Gasteiger partial charge >= 0.3 is 0 Å². The van der Waals surface area contributed by atoms with Gasteiger partial charge in [-0.05, 0) is 17.7 Å². The number of rotatable bonds is 3. The number of nitrogens with zero attached hydrogens (tertiary/aromatic N) is 2. The monoisotopic (exact) mass is 304 g/mol. The quantitative estimate of drug-likeness (QED) is 0.793. The van der Waals surface area contributed by atoms with Gasteiger partial charge in [-0.3, -0.25) is 4.79 Å². The van der Waals surface area contributed by atoms with Gasteiger partial charge < -0.3 is 5.11 Å². The minimum absolute atomic E-state index is 0.135. The third-order valence-electron chi connectivity index (χ3n) is 3.48. The first-order chi connectivity index (χ1) is 11.1. The van der Waals surface area contributed by atoms with E-state index in [-0.39, 0.29) is 11.7 Å². The van der Waals surface area contributed by atoms with Crippen LogP contribution in [-0.4, -0.2) is 20.8 Å². The second-order valence-electron chi connectivity index (χ2n) is 5.16. The van der Waals surface area contributed by atoms with Crippen LogP contribution >= 0.6 is 0 Å². The molecule has 1 aromatic heterocycles. The second kappa shape index (κ2) is 6.32. The first-order valence-corrected chi connectivity index (χ1v) is 7.27. The predicted octanol–water partition coefficient (Wildman–Crippen LogP) is 4.09. The van der Waals surface area contributed by atoms with Gasteiger partial charge in [0.05, 0.1) is 0 Å². The van der Waals surface area contributed by atoms with Crippen LogP contribution in [-0.2, 0) is 0 Å². The van der Waals surface area contributed by atoms with Crippen molar-refractivity contribution in [3.8, 4) is 17.0 Å². The van der Waals surface area contributed by atoms with Crippen molar-refractivity contribution in [3.05, 3.63) is 71.9 Å². The number of phenolic OH excluding ortho intramolecular Hbond substituents is 1. The fourth-order valence-corrected chi connectivity index (χ4v) is 2.30. The van der Waals surface area contributed by atoms with E-state index in [1.165, 1.54) is 11.6 Å². The fraction of sp³-hybridized carbons (Fsp3) is 0.0526. The summed E-state index contributed by atoms with van der Waals surface area (Å²) in [7, 11) is 0. The molecule has 0 amide bonds. The van der Waals surface area contributed by atoms with Crippen molar-refractivity contribution in [2.75, 3.05) is 0 Å². The maximum Gasteiger partial charge on any atom is 0.243 e. The molecule has 0 aliphatic heterocycles. The lowest BCUT2D eigenvalue weighted by molar-refractivity contribution is 0.0921. The van der Waals surface area contributed by atoms with Crippen LogP contribution in [0, 0.1) is 0 Å². The van der Waals surface area contributed by atoms with Gasteiger partial charge in [-0.2, -0.15) is 5.10 Å². The molecule has 23 heavy (non-hydrogen) atoms. The van der Waals surface area contributed by atoms with Gasteiger partial charge in [-0.15, -0.1) is 0 Å². The van der Waals surface area contributed by atoms with E-state index in [2.05, 4.69) is 5.10 Å². The molecule has 0 atom stereocenters. The lowest BCUT2D eigenvalue weighted by Gasteiger charge is -2.02. The predicted molar refractivity (Wildman–Crippen MR) is 91.0 cm³/mol. The molecule has 114 valence electrons. The van der Waals surface area contributed by atoms with Crippen LogP contribution < -0.4 is 0 Å². The van der Waals surface area contributed by atoms with Gasteiger partial charge in [0.1, 0.15) is 11.4 Å². The van der Waals surface area contributed by atoms with Crippen molar-refractivity contribution in [2.24, 2.45) is 0 Å². The average Bonchev–Trinajstić information content (AvgIpc) is 2.99. The van der Waals surface area contributed by atoms with Crippen LogP contribution in [0.2, 0.25) is 0 Å². The lowest BCUT2D eigenvalue weighted by atomic mass is 10.1. The highest BCUT2D eigenvalue weighted by molar-refractivity contribution is 5.84. The van der Waals surface area contributed by atoms with Gasteiger partial charge in [0.25, 0.3) is 0 Å². The molecule has 4 nitrogen and oxygen atoms in total. The molecule has 1 heterocycles. The Balaban J connectivity index is 2.07. The molecule has 0 spiro atoms.